The molecule has 5 heteroatoms. The molecule has 0 aliphatic carbocycles. The van der Waals surface area contributed by atoms with E-state index in [-0.39, 0.29) is 22.7 Å². The minimum Gasteiger partial charge on any atom is -0.383 e. The van der Waals surface area contributed by atoms with E-state index in [4.69, 9.17) is 5.73 Å². The van der Waals surface area contributed by atoms with E-state index in [1.54, 1.807) is 4.90 Å². The molecule has 1 saturated heterocycles. The number of aromatic nitrogens is 1. The number of carbonyl (C=O) groups excluding carboxylic acids is 1. The molecule has 2 heterocycles. The maximum Gasteiger partial charge on any atom is 0.257 e. The lowest BCUT2D eigenvalue weighted by Gasteiger charge is -2.27. The van der Waals surface area contributed by atoms with Crippen LogP contribution in [0.25, 0.3) is 0 Å². The molecule has 104 valence electrons. The zero-order valence-corrected chi connectivity index (χ0v) is 11.6. The number of nitrogens with two attached hydrogens (primary N) is 1. The van der Waals surface area contributed by atoms with Crippen LogP contribution in [0.15, 0.2) is 12.3 Å². The second kappa shape index (κ2) is 4.79. The van der Waals surface area contributed by atoms with Gasteiger partial charge in [-0.2, -0.15) is 0 Å². The standard InChI is InChI=1S/C14H20FN3O/c1-14(2,3)9-4-5-18(8-9)13(19)11-6-10(15)7-17-12(11)16/h6-7,9H,4-5,8H2,1-3H3,(H2,16,17). The van der Waals surface area contributed by atoms with Gasteiger partial charge in [0.05, 0.1) is 11.8 Å². The van der Waals surface area contributed by atoms with E-state index in [0.29, 0.717) is 19.0 Å². The van der Waals surface area contributed by atoms with Crippen molar-refractivity contribution in [3.63, 3.8) is 0 Å². The van der Waals surface area contributed by atoms with Crippen LogP contribution in [0, 0.1) is 17.2 Å². The van der Waals surface area contributed by atoms with Gasteiger partial charge in [-0.05, 0) is 23.8 Å². The van der Waals surface area contributed by atoms with E-state index in [9.17, 15) is 9.18 Å². The first-order valence-electron chi connectivity index (χ1n) is 6.49. The van der Waals surface area contributed by atoms with Crippen LogP contribution in [0.4, 0.5) is 10.2 Å². The number of likely N-dealkylation sites (tertiary alicyclic amines) is 1. The summed E-state index contributed by atoms with van der Waals surface area (Å²) in [6.07, 6.45) is 1.99. The third kappa shape index (κ3) is 2.85. The summed E-state index contributed by atoms with van der Waals surface area (Å²) in [5, 5.41) is 0. The van der Waals surface area contributed by atoms with Crippen molar-refractivity contribution >= 4 is 11.7 Å². The van der Waals surface area contributed by atoms with E-state index in [1.807, 2.05) is 0 Å². The van der Waals surface area contributed by atoms with E-state index < -0.39 is 5.82 Å². The maximum absolute atomic E-state index is 13.2. The predicted molar refractivity (Wildman–Crippen MR) is 72.1 cm³/mol. The smallest absolute Gasteiger partial charge is 0.257 e. The van der Waals surface area contributed by atoms with Crippen molar-refractivity contribution in [3.05, 3.63) is 23.6 Å². The number of pyridine rings is 1. The van der Waals surface area contributed by atoms with Crippen molar-refractivity contribution in [3.8, 4) is 0 Å². The molecule has 19 heavy (non-hydrogen) atoms. The Hall–Kier alpha value is -1.65. The third-order valence-electron chi connectivity index (χ3n) is 3.82. The van der Waals surface area contributed by atoms with Crippen molar-refractivity contribution in [2.75, 3.05) is 18.8 Å². The highest BCUT2D eigenvalue weighted by Crippen LogP contribution is 2.34. The summed E-state index contributed by atoms with van der Waals surface area (Å²) in [6.45, 7) is 7.90. The molecule has 4 nitrogen and oxygen atoms in total. The SMILES string of the molecule is CC(C)(C)C1CCN(C(=O)c2cc(F)cnc2N)C1. The quantitative estimate of drug-likeness (QED) is 0.847. The summed E-state index contributed by atoms with van der Waals surface area (Å²) < 4.78 is 13.2. The molecule has 1 aliphatic heterocycles. The zero-order chi connectivity index (χ0) is 14.2. The Kier molecular flexibility index (Phi) is 3.47. The average Bonchev–Trinajstić information content (AvgIpc) is 2.80. The fourth-order valence-corrected chi connectivity index (χ4v) is 2.44. The molecule has 1 atom stereocenters. The third-order valence-corrected chi connectivity index (χ3v) is 3.82. The van der Waals surface area contributed by atoms with E-state index >= 15 is 0 Å². The van der Waals surface area contributed by atoms with Crippen molar-refractivity contribution in [1.82, 2.24) is 9.88 Å². The molecule has 0 radical (unpaired) electrons. The lowest BCUT2D eigenvalue weighted by atomic mass is 9.80. The molecule has 1 fully saturated rings. The summed E-state index contributed by atoms with van der Waals surface area (Å²) in [4.78, 5) is 17.8. The maximum atomic E-state index is 13.2. The summed E-state index contributed by atoms with van der Waals surface area (Å²) in [5.41, 5.74) is 5.98. The van der Waals surface area contributed by atoms with E-state index in [1.165, 1.54) is 0 Å². The monoisotopic (exact) mass is 265 g/mol. The molecule has 1 unspecified atom stereocenters. The molecule has 1 aromatic rings. The van der Waals surface area contributed by atoms with Gasteiger partial charge in [-0.1, -0.05) is 20.8 Å². The molecule has 1 aliphatic rings. The minimum absolute atomic E-state index is 0.0885. The Morgan fingerprint density at radius 1 is 1.53 bits per heavy atom. The highest BCUT2D eigenvalue weighted by Gasteiger charge is 2.34. The molecule has 0 bridgehead atoms. The van der Waals surface area contributed by atoms with Gasteiger partial charge in [0, 0.05) is 13.1 Å². The number of anilines is 1. The number of carbonyl (C=O) groups is 1. The summed E-state index contributed by atoms with van der Waals surface area (Å²) >= 11 is 0. The van der Waals surface area contributed by atoms with Crippen LogP contribution in [-0.2, 0) is 0 Å². The number of hydrogen-bond acceptors (Lipinski definition) is 3. The highest BCUT2D eigenvalue weighted by molar-refractivity contribution is 5.98. The molecule has 1 aromatic heterocycles. The van der Waals surface area contributed by atoms with Gasteiger partial charge in [0.1, 0.15) is 11.6 Å². The Bertz CT molecular complexity index is 496. The normalized spacial score (nSPS) is 19.8. The Morgan fingerprint density at radius 3 is 2.79 bits per heavy atom. The van der Waals surface area contributed by atoms with Gasteiger partial charge in [0.15, 0.2) is 0 Å². The van der Waals surface area contributed by atoms with Gasteiger partial charge < -0.3 is 10.6 Å². The van der Waals surface area contributed by atoms with Gasteiger partial charge >= 0.3 is 0 Å². The molecular formula is C14H20FN3O. The Morgan fingerprint density at radius 2 is 2.21 bits per heavy atom. The lowest BCUT2D eigenvalue weighted by Crippen LogP contribution is -2.31. The highest BCUT2D eigenvalue weighted by atomic mass is 19.1. The van der Waals surface area contributed by atoms with Crippen molar-refractivity contribution in [2.45, 2.75) is 27.2 Å². The van der Waals surface area contributed by atoms with Gasteiger partial charge in [-0.15, -0.1) is 0 Å². The van der Waals surface area contributed by atoms with Gasteiger partial charge in [-0.3, -0.25) is 4.79 Å². The molecule has 2 rings (SSSR count). The van der Waals surface area contributed by atoms with Crippen LogP contribution in [0.5, 0.6) is 0 Å². The average molecular weight is 265 g/mol. The van der Waals surface area contributed by atoms with Gasteiger partial charge in [-0.25, -0.2) is 9.37 Å². The first-order valence-corrected chi connectivity index (χ1v) is 6.49. The molecule has 0 spiro atoms. The Labute approximate surface area is 112 Å². The topological polar surface area (TPSA) is 59.2 Å². The number of nitrogens with zero attached hydrogens (tertiary/aromatic N) is 2. The minimum atomic E-state index is -0.538. The molecule has 2 N–H and O–H groups in total. The van der Waals surface area contributed by atoms with Crippen molar-refractivity contribution in [2.24, 2.45) is 11.3 Å². The molecule has 0 aromatic carbocycles. The summed E-state index contributed by atoms with van der Waals surface area (Å²) in [7, 11) is 0. The first kappa shape index (κ1) is 13.8. The molecule has 1 amide bonds. The van der Waals surface area contributed by atoms with Crippen molar-refractivity contribution < 1.29 is 9.18 Å². The zero-order valence-electron chi connectivity index (χ0n) is 11.6. The number of nitrogen functional groups attached to an aromatic ring is 1. The fourth-order valence-electron chi connectivity index (χ4n) is 2.44. The number of rotatable bonds is 1. The molecule has 0 saturated carbocycles. The summed E-state index contributed by atoms with van der Waals surface area (Å²) in [5.74, 6) is -0.217. The van der Waals surface area contributed by atoms with E-state index in [2.05, 4.69) is 25.8 Å². The van der Waals surface area contributed by atoms with Gasteiger partial charge in [0.2, 0.25) is 0 Å². The first-order chi connectivity index (χ1) is 8.79. The Balaban J connectivity index is 2.16. The second-order valence-corrected chi connectivity index (χ2v) is 6.19. The number of hydrogen-bond donors (Lipinski definition) is 1. The van der Waals surface area contributed by atoms with Crippen LogP contribution in [0.2, 0.25) is 0 Å². The lowest BCUT2D eigenvalue weighted by molar-refractivity contribution is 0.0777. The largest absolute Gasteiger partial charge is 0.383 e. The summed E-state index contributed by atoms with van der Waals surface area (Å²) in [6, 6.07) is 1.16. The predicted octanol–water partition coefficient (Wildman–Crippen LogP) is 2.31. The fraction of sp³-hybridized carbons (Fsp3) is 0.571. The number of amides is 1. The van der Waals surface area contributed by atoms with E-state index in [0.717, 1.165) is 18.7 Å². The van der Waals surface area contributed by atoms with Gasteiger partial charge in [0.25, 0.3) is 5.91 Å². The van der Waals surface area contributed by atoms with Crippen LogP contribution >= 0.6 is 0 Å². The second-order valence-electron chi connectivity index (χ2n) is 6.19. The van der Waals surface area contributed by atoms with Crippen LogP contribution < -0.4 is 5.73 Å². The van der Waals surface area contributed by atoms with Crippen LogP contribution in [0.1, 0.15) is 37.6 Å². The molecular weight excluding hydrogens is 245 g/mol. The number of halogens is 1. The van der Waals surface area contributed by atoms with Crippen molar-refractivity contribution in [1.29, 1.82) is 0 Å². The van der Waals surface area contributed by atoms with Crippen LogP contribution in [-0.4, -0.2) is 28.9 Å². The van der Waals surface area contributed by atoms with Crippen LogP contribution in [0.3, 0.4) is 0 Å².